The van der Waals surface area contributed by atoms with E-state index in [9.17, 15) is 5.11 Å². The van der Waals surface area contributed by atoms with E-state index in [1.165, 1.54) is 70.6 Å². The fraction of sp³-hybridized carbons (Fsp3) is 0.882. The van der Waals surface area contributed by atoms with Crippen molar-refractivity contribution in [3.8, 4) is 0 Å². The van der Waals surface area contributed by atoms with Crippen LogP contribution in [0, 0.1) is 57.7 Å². The van der Waals surface area contributed by atoms with Crippen molar-refractivity contribution in [2.24, 2.45) is 57.7 Å². The van der Waals surface area contributed by atoms with E-state index >= 15 is 0 Å². The second-order valence-corrected chi connectivity index (χ2v) is 15.5. The summed E-state index contributed by atoms with van der Waals surface area (Å²) in [5.74, 6) is 5.33. The molecule has 0 aromatic carbocycles. The molecule has 0 aromatic rings. The highest BCUT2D eigenvalue weighted by atomic mass is 16.3. The molecule has 0 aliphatic heterocycles. The van der Waals surface area contributed by atoms with Gasteiger partial charge in [-0.2, -0.15) is 0 Å². The summed E-state index contributed by atoms with van der Waals surface area (Å²) >= 11 is 0. The molecule has 3 saturated carbocycles. The summed E-state index contributed by atoms with van der Waals surface area (Å²) in [4.78, 5) is 0. The number of allylic oxidation sites excluding steroid dienone is 4. The fourth-order valence-corrected chi connectivity index (χ4v) is 10.8. The Morgan fingerprint density at radius 1 is 1.00 bits per heavy atom. The Kier molecular flexibility index (Phi) is 6.72. The summed E-state index contributed by atoms with van der Waals surface area (Å²) in [5.41, 5.74) is 2.27. The van der Waals surface area contributed by atoms with E-state index in [-0.39, 0.29) is 0 Å². The van der Waals surface area contributed by atoms with Crippen LogP contribution in [-0.4, -0.2) is 10.7 Å². The molecule has 0 heterocycles. The molecule has 5 aliphatic carbocycles. The van der Waals surface area contributed by atoms with Gasteiger partial charge in [0.05, 0.1) is 5.60 Å². The van der Waals surface area contributed by atoms with Gasteiger partial charge in [-0.25, -0.2) is 0 Å². The number of rotatable bonds is 6. The summed E-state index contributed by atoms with van der Waals surface area (Å²) in [6.07, 6.45) is 23.4. The molecule has 1 heteroatoms. The van der Waals surface area contributed by atoms with Crippen molar-refractivity contribution >= 4 is 0 Å². The average molecular weight is 481 g/mol. The number of hydrogen-bond donors (Lipinski definition) is 1. The van der Waals surface area contributed by atoms with Crippen LogP contribution >= 0.6 is 0 Å². The smallest absolute Gasteiger partial charge is 0.0653 e. The lowest BCUT2D eigenvalue weighted by atomic mass is 9.42. The molecule has 0 saturated heterocycles. The van der Waals surface area contributed by atoms with Gasteiger partial charge in [0, 0.05) is 0 Å². The molecule has 3 fully saturated rings. The molecule has 1 N–H and O–H groups in total. The van der Waals surface area contributed by atoms with Crippen LogP contribution in [0.2, 0.25) is 0 Å². The summed E-state index contributed by atoms with van der Waals surface area (Å²) < 4.78 is 0. The van der Waals surface area contributed by atoms with Gasteiger partial charge in [0.25, 0.3) is 0 Å². The summed E-state index contributed by atoms with van der Waals surface area (Å²) in [5, 5.41) is 11.9. The second kappa shape index (κ2) is 9.03. The van der Waals surface area contributed by atoms with E-state index in [0.717, 1.165) is 41.9 Å². The van der Waals surface area contributed by atoms with Gasteiger partial charge < -0.3 is 5.11 Å². The van der Waals surface area contributed by atoms with Gasteiger partial charge in [-0.05, 0) is 134 Å². The van der Waals surface area contributed by atoms with Gasteiger partial charge in [-0.3, -0.25) is 0 Å². The van der Waals surface area contributed by atoms with Crippen molar-refractivity contribution in [3.05, 3.63) is 23.8 Å². The molecule has 5 rings (SSSR count). The van der Waals surface area contributed by atoms with Crippen molar-refractivity contribution in [1.29, 1.82) is 0 Å². The number of aliphatic hydroxyl groups is 1. The molecule has 9 atom stereocenters. The lowest BCUT2D eigenvalue weighted by molar-refractivity contribution is -0.126. The maximum absolute atomic E-state index is 11.9. The molecule has 0 bridgehead atoms. The van der Waals surface area contributed by atoms with Gasteiger partial charge >= 0.3 is 0 Å². The Balaban J connectivity index is 1.50. The minimum Gasteiger partial charge on any atom is -0.390 e. The fourth-order valence-electron chi connectivity index (χ4n) is 10.8. The van der Waals surface area contributed by atoms with Gasteiger partial charge in [-0.1, -0.05) is 72.6 Å². The molecular formula is C34H56O. The van der Waals surface area contributed by atoms with Gasteiger partial charge in [-0.15, -0.1) is 0 Å². The first-order valence-corrected chi connectivity index (χ1v) is 15.6. The van der Waals surface area contributed by atoms with Crippen molar-refractivity contribution in [2.75, 3.05) is 0 Å². The van der Waals surface area contributed by atoms with Crippen LogP contribution in [0.4, 0.5) is 0 Å². The molecule has 1 spiro atoms. The van der Waals surface area contributed by atoms with E-state index in [1.807, 2.05) is 0 Å². The summed E-state index contributed by atoms with van der Waals surface area (Å²) in [6.45, 7) is 17.1. The topological polar surface area (TPSA) is 20.2 Å². The second-order valence-electron chi connectivity index (χ2n) is 15.5. The van der Waals surface area contributed by atoms with Crippen molar-refractivity contribution < 1.29 is 5.11 Å². The first kappa shape index (κ1) is 26.1. The lowest BCUT2D eigenvalue weighted by Crippen LogP contribution is -2.57. The average Bonchev–Trinajstić information content (AvgIpc) is 3.36. The summed E-state index contributed by atoms with van der Waals surface area (Å²) in [6, 6.07) is 0. The molecule has 0 radical (unpaired) electrons. The van der Waals surface area contributed by atoms with Gasteiger partial charge in [0.1, 0.15) is 0 Å². The standard InChI is InChI=1S/C34H56O/c1-23(2)11-10-18-33(7,35)29-14-13-27-30-28(16-19-32(27,29)6)31(5)17-9-8-12-26(31)22-34(30)20-15-25(21-34)24(3)4/h8,12,22-25,27-30,35H,9-11,13-21H2,1-7H3/t25?,27?,28?,29?,30?,31-,32-,33-,34?/m0/s1. The van der Waals surface area contributed by atoms with E-state index in [1.54, 1.807) is 5.57 Å². The third-order valence-electron chi connectivity index (χ3n) is 12.8. The summed E-state index contributed by atoms with van der Waals surface area (Å²) in [7, 11) is 0. The predicted molar refractivity (Wildman–Crippen MR) is 149 cm³/mol. The van der Waals surface area contributed by atoms with Crippen LogP contribution < -0.4 is 0 Å². The zero-order chi connectivity index (χ0) is 25.2. The first-order valence-electron chi connectivity index (χ1n) is 15.6. The Hall–Kier alpha value is -0.560. The van der Waals surface area contributed by atoms with Crippen LogP contribution in [-0.2, 0) is 0 Å². The Labute approximate surface area is 217 Å². The van der Waals surface area contributed by atoms with Gasteiger partial charge in [0.15, 0.2) is 0 Å². The SMILES string of the molecule is CC(C)CCC[C@](C)(O)C1CCC2C3C(CC[C@@]21C)[C@@]1(C)CCC=CC1=CC31CCC(C(C)C)C1. The molecular weight excluding hydrogens is 424 g/mol. The van der Waals surface area contributed by atoms with Crippen molar-refractivity contribution in [2.45, 2.75) is 131 Å². The first-order chi connectivity index (χ1) is 16.4. The molecule has 0 aromatic heterocycles. The predicted octanol–water partition coefficient (Wildman–Crippen LogP) is 9.36. The largest absolute Gasteiger partial charge is 0.390 e. The molecule has 1 nitrogen and oxygen atoms in total. The van der Waals surface area contributed by atoms with E-state index < -0.39 is 5.60 Å². The minimum absolute atomic E-state index is 0.303. The van der Waals surface area contributed by atoms with Crippen LogP contribution in [0.25, 0.3) is 0 Å². The molecule has 35 heavy (non-hydrogen) atoms. The zero-order valence-corrected chi connectivity index (χ0v) is 24.2. The van der Waals surface area contributed by atoms with E-state index in [2.05, 4.69) is 66.7 Å². The van der Waals surface area contributed by atoms with E-state index in [4.69, 9.17) is 0 Å². The quantitative estimate of drug-likeness (QED) is 0.401. The van der Waals surface area contributed by atoms with Crippen molar-refractivity contribution in [1.82, 2.24) is 0 Å². The maximum Gasteiger partial charge on any atom is 0.0653 e. The van der Waals surface area contributed by atoms with Crippen LogP contribution in [0.5, 0.6) is 0 Å². The minimum atomic E-state index is -0.512. The highest BCUT2D eigenvalue weighted by molar-refractivity contribution is 5.38. The van der Waals surface area contributed by atoms with Crippen LogP contribution in [0.15, 0.2) is 23.8 Å². The molecule has 5 aliphatic rings. The zero-order valence-electron chi connectivity index (χ0n) is 24.2. The third-order valence-corrected chi connectivity index (χ3v) is 12.8. The maximum atomic E-state index is 11.9. The Morgan fingerprint density at radius 2 is 1.77 bits per heavy atom. The highest BCUT2D eigenvalue weighted by Gasteiger charge is 2.66. The highest BCUT2D eigenvalue weighted by Crippen LogP contribution is 2.73. The van der Waals surface area contributed by atoms with Gasteiger partial charge in [0.2, 0.25) is 0 Å². The van der Waals surface area contributed by atoms with Crippen LogP contribution in [0.1, 0.15) is 126 Å². The Bertz CT molecular complexity index is 847. The Morgan fingerprint density at radius 3 is 2.46 bits per heavy atom. The van der Waals surface area contributed by atoms with Crippen LogP contribution in [0.3, 0.4) is 0 Å². The molecule has 0 amide bonds. The monoisotopic (exact) mass is 480 g/mol. The normalized spacial score (nSPS) is 46.5. The van der Waals surface area contributed by atoms with Crippen molar-refractivity contribution in [3.63, 3.8) is 0 Å². The number of fused-ring (bicyclic) bond motifs is 6. The lowest BCUT2D eigenvalue weighted by Gasteiger charge is -2.63. The molecule has 198 valence electrons. The molecule has 6 unspecified atom stereocenters. The third kappa shape index (κ3) is 4.13. The number of hydrogen-bond acceptors (Lipinski definition) is 1. The van der Waals surface area contributed by atoms with E-state index in [0.29, 0.717) is 22.2 Å².